The minimum Gasteiger partial charge on any atom is -0.379 e. The van der Waals surface area contributed by atoms with Gasteiger partial charge in [-0.1, -0.05) is 35.1 Å². The lowest BCUT2D eigenvalue weighted by molar-refractivity contribution is 0.0391. The molecular formula is C23H27N3O2S. The lowest BCUT2D eigenvalue weighted by Gasteiger charge is -2.29. The van der Waals surface area contributed by atoms with E-state index in [4.69, 9.17) is 9.72 Å². The number of anilines is 1. The van der Waals surface area contributed by atoms with E-state index in [1.165, 1.54) is 5.56 Å². The second kappa shape index (κ2) is 8.61. The lowest BCUT2D eigenvalue weighted by Crippen LogP contribution is -2.43. The molecular weight excluding hydrogens is 382 g/mol. The van der Waals surface area contributed by atoms with E-state index >= 15 is 0 Å². The van der Waals surface area contributed by atoms with Gasteiger partial charge in [0.1, 0.15) is 0 Å². The topological polar surface area (TPSA) is 45.7 Å². The average Bonchev–Trinajstić information content (AvgIpc) is 3.13. The normalized spacial score (nSPS) is 15.0. The van der Waals surface area contributed by atoms with Gasteiger partial charge in [-0.05, 0) is 50.1 Å². The molecule has 0 spiro atoms. The van der Waals surface area contributed by atoms with E-state index in [-0.39, 0.29) is 5.91 Å². The number of carbonyl (C=O) groups excluding carboxylic acids is 1. The number of hydrogen-bond donors (Lipinski definition) is 0. The zero-order valence-corrected chi connectivity index (χ0v) is 18.1. The van der Waals surface area contributed by atoms with Crippen LogP contribution in [0.5, 0.6) is 0 Å². The summed E-state index contributed by atoms with van der Waals surface area (Å²) in [5.41, 5.74) is 5.15. The van der Waals surface area contributed by atoms with Gasteiger partial charge in [0.2, 0.25) is 0 Å². The molecule has 5 nitrogen and oxygen atoms in total. The van der Waals surface area contributed by atoms with Crippen molar-refractivity contribution in [1.29, 1.82) is 0 Å². The van der Waals surface area contributed by atoms with Gasteiger partial charge in [-0.3, -0.25) is 14.6 Å². The van der Waals surface area contributed by atoms with Crippen LogP contribution in [0, 0.1) is 20.8 Å². The summed E-state index contributed by atoms with van der Waals surface area (Å²) in [6, 6.07) is 12.1. The van der Waals surface area contributed by atoms with Gasteiger partial charge in [0.05, 0.1) is 23.4 Å². The fourth-order valence-electron chi connectivity index (χ4n) is 3.76. The predicted octanol–water partition coefficient (Wildman–Crippen LogP) is 4.20. The van der Waals surface area contributed by atoms with Crippen LogP contribution in [0.3, 0.4) is 0 Å². The summed E-state index contributed by atoms with van der Waals surface area (Å²) in [5.74, 6) is 0.00962. The Morgan fingerprint density at radius 2 is 1.93 bits per heavy atom. The molecule has 3 aromatic rings. The van der Waals surface area contributed by atoms with Gasteiger partial charge >= 0.3 is 0 Å². The number of ether oxygens (including phenoxy) is 1. The highest BCUT2D eigenvalue weighted by Gasteiger charge is 2.23. The summed E-state index contributed by atoms with van der Waals surface area (Å²) in [5, 5.41) is 0.772. The third-order valence-corrected chi connectivity index (χ3v) is 6.33. The summed E-state index contributed by atoms with van der Waals surface area (Å²) >= 11 is 1.60. The van der Waals surface area contributed by atoms with Gasteiger partial charge in [-0.25, -0.2) is 4.98 Å². The number of benzene rings is 2. The molecule has 29 heavy (non-hydrogen) atoms. The Hall–Kier alpha value is -2.28. The molecule has 1 aromatic heterocycles. The smallest absolute Gasteiger partial charge is 0.260 e. The Kier molecular flexibility index (Phi) is 5.94. The van der Waals surface area contributed by atoms with E-state index in [1.54, 1.807) is 11.3 Å². The van der Waals surface area contributed by atoms with Crippen LogP contribution < -0.4 is 4.90 Å². The van der Waals surface area contributed by atoms with Crippen LogP contribution in [0.1, 0.15) is 27.0 Å². The van der Waals surface area contributed by atoms with Crippen LogP contribution >= 0.6 is 11.3 Å². The highest BCUT2D eigenvalue weighted by atomic mass is 32.1. The van der Waals surface area contributed by atoms with Crippen molar-refractivity contribution >= 4 is 32.6 Å². The first kappa shape index (κ1) is 20.0. The maximum atomic E-state index is 13.4. The first-order valence-corrected chi connectivity index (χ1v) is 10.9. The molecule has 0 atom stereocenters. The highest BCUT2D eigenvalue weighted by Crippen LogP contribution is 2.32. The molecule has 6 heteroatoms. The Labute approximate surface area is 175 Å². The minimum absolute atomic E-state index is 0.00962. The molecule has 152 valence electrons. The first-order valence-electron chi connectivity index (χ1n) is 10.1. The van der Waals surface area contributed by atoms with Crippen LogP contribution in [-0.4, -0.2) is 55.2 Å². The number of fused-ring (bicyclic) bond motifs is 1. The number of nitrogens with zero attached hydrogens (tertiary/aromatic N) is 3. The quantitative estimate of drug-likeness (QED) is 0.634. The molecule has 1 amide bonds. The lowest BCUT2D eigenvalue weighted by atomic mass is 10.1. The summed E-state index contributed by atoms with van der Waals surface area (Å²) in [4.78, 5) is 22.5. The fourth-order valence-corrected chi connectivity index (χ4v) is 4.92. The van der Waals surface area contributed by atoms with E-state index in [2.05, 4.69) is 30.9 Å². The van der Waals surface area contributed by atoms with Gasteiger partial charge in [0, 0.05) is 31.7 Å². The average molecular weight is 410 g/mol. The molecule has 0 N–H and O–H groups in total. The molecule has 0 aliphatic carbocycles. The van der Waals surface area contributed by atoms with Crippen molar-refractivity contribution in [2.24, 2.45) is 0 Å². The number of thiazole rings is 1. The summed E-state index contributed by atoms with van der Waals surface area (Å²) < 4.78 is 6.58. The van der Waals surface area contributed by atoms with Crippen molar-refractivity contribution in [3.8, 4) is 0 Å². The Morgan fingerprint density at radius 1 is 1.14 bits per heavy atom. The van der Waals surface area contributed by atoms with Crippen molar-refractivity contribution in [2.45, 2.75) is 20.8 Å². The molecule has 2 aromatic carbocycles. The fraction of sp³-hybridized carbons (Fsp3) is 0.391. The van der Waals surface area contributed by atoms with Crippen LogP contribution in [0.4, 0.5) is 5.13 Å². The van der Waals surface area contributed by atoms with Gasteiger partial charge in [-0.2, -0.15) is 0 Å². The van der Waals surface area contributed by atoms with Crippen LogP contribution in [-0.2, 0) is 4.74 Å². The number of carbonyl (C=O) groups is 1. The SMILES string of the molecule is Cc1cccc(C(=O)N(CCN2CCOCC2)c2nc3c(C)cc(C)cc3s2)c1. The van der Waals surface area contributed by atoms with Gasteiger partial charge in [-0.15, -0.1) is 0 Å². The standard InChI is InChI=1S/C23H27N3O2S/c1-16-5-4-6-19(14-16)22(27)26(8-7-25-9-11-28-12-10-25)23-24-21-18(3)13-17(2)15-20(21)29-23/h4-6,13-15H,7-12H2,1-3H3. The van der Waals surface area contributed by atoms with Crippen LogP contribution in [0.15, 0.2) is 36.4 Å². The minimum atomic E-state index is 0.00962. The second-order valence-corrected chi connectivity index (χ2v) is 8.71. The second-order valence-electron chi connectivity index (χ2n) is 7.71. The number of aromatic nitrogens is 1. The third kappa shape index (κ3) is 4.50. The van der Waals surface area contributed by atoms with Crippen molar-refractivity contribution in [2.75, 3.05) is 44.3 Å². The Morgan fingerprint density at radius 3 is 2.69 bits per heavy atom. The van der Waals surface area contributed by atoms with E-state index in [0.29, 0.717) is 12.1 Å². The van der Waals surface area contributed by atoms with Crippen molar-refractivity contribution in [1.82, 2.24) is 9.88 Å². The Balaban J connectivity index is 1.67. The zero-order valence-electron chi connectivity index (χ0n) is 17.3. The molecule has 2 heterocycles. The van der Waals surface area contributed by atoms with Gasteiger partial charge in [0.25, 0.3) is 5.91 Å². The monoisotopic (exact) mass is 409 g/mol. The molecule has 1 aliphatic rings. The van der Waals surface area contributed by atoms with Crippen LogP contribution in [0.2, 0.25) is 0 Å². The number of aryl methyl sites for hydroxylation is 3. The summed E-state index contributed by atoms with van der Waals surface area (Å²) in [6.07, 6.45) is 0. The van der Waals surface area contributed by atoms with Crippen molar-refractivity contribution < 1.29 is 9.53 Å². The molecule has 0 saturated carbocycles. The van der Waals surface area contributed by atoms with Gasteiger partial charge in [0.15, 0.2) is 5.13 Å². The van der Waals surface area contributed by atoms with Crippen molar-refractivity contribution in [3.63, 3.8) is 0 Å². The van der Waals surface area contributed by atoms with Gasteiger partial charge < -0.3 is 4.74 Å². The highest BCUT2D eigenvalue weighted by molar-refractivity contribution is 7.22. The van der Waals surface area contributed by atoms with Crippen LogP contribution in [0.25, 0.3) is 10.2 Å². The summed E-state index contributed by atoms with van der Waals surface area (Å²) in [7, 11) is 0. The van der Waals surface area contributed by atoms with E-state index < -0.39 is 0 Å². The Bertz CT molecular complexity index is 1020. The molecule has 0 radical (unpaired) electrons. The number of amides is 1. The van der Waals surface area contributed by atoms with E-state index in [9.17, 15) is 4.79 Å². The van der Waals surface area contributed by atoms with Crippen molar-refractivity contribution in [3.05, 3.63) is 58.7 Å². The predicted molar refractivity (Wildman–Crippen MR) is 119 cm³/mol. The largest absolute Gasteiger partial charge is 0.379 e. The molecule has 0 unspecified atom stereocenters. The number of morpholine rings is 1. The third-order valence-electron chi connectivity index (χ3n) is 5.30. The molecule has 1 fully saturated rings. The number of rotatable bonds is 5. The maximum Gasteiger partial charge on any atom is 0.260 e. The van der Waals surface area contributed by atoms with E-state index in [1.807, 2.05) is 36.1 Å². The molecule has 4 rings (SSSR count). The first-order chi connectivity index (χ1) is 14.0. The molecule has 1 saturated heterocycles. The summed E-state index contributed by atoms with van der Waals surface area (Å²) in [6.45, 7) is 10.9. The molecule has 0 bridgehead atoms. The molecule has 1 aliphatic heterocycles. The zero-order chi connectivity index (χ0) is 20.4. The maximum absolute atomic E-state index is 13.4. The van der Waals surface area contributed by atoms with E-state index in [0.717, 1.165) is 59.3 Å². The number of hydrogen-bond acceptors (Lipinski definition) is 5.